The zero-order chi connectivity index (χ0) is 14.8. The third-order valence-electron chi connectivity index (χ3n) is 2.43. The normalized spacial score (nSPS) is 9.15. The molecule has 2 aromatic carbocycles. The van der Waals surface area contributed by atoms with E-state index in [1.54, 1.807) is 12.1 Å². The number of hydrogen-bond acceptors (Lipinski definition) is 3. The van der Waals surface area contributed by atoms with Gasteiger partial charge in [-0.3, -0.25) is 9.78 Å². The lowest BCUT2D eigenvalue weighted by Gasteiger charge is -2.04. The van der Waals surface area contributed by atoms with Crippen molar-refractivity contribution in [3.8, 4) is 5.75 Å². The molecule has 4 heteroatoms. The van der Waals surface area contributed by atoms with E-state index in [4.69, 9.17) is 9.99 Å². The second-order valence-corrected chi connectivity index (χ2v) is 3.96. The van der Waals surface area contributed by atoms with Gasteiger partial charge in [-0.25, -0.2) is 4.79 Å². The number of rotatable bonds is 4. The summed E-state index contributed by atoms with van der Waals surface area (Å²) < 4.78 is 0. The second kappa shape index (κ2) is 8.72. The monoisotopic (exact) mass is 275 g/mol. The van der Waals surface area contributed by atoms with Crippen molar-refractivity contribution < 1.29 is 19.7 Å². The molecule has 20 heavy (non-hydrogen) atoms. The fourth-order valence-corrected chi connectivity index (χ4v) is 1.60. The molecule has 2 rings (SSSR count). The molecule has 0 amide bonds. The first-order valence-corrected chi connectivity index (χ1v) is 6.22. The van der Waals surface area contributed by atoms with Gasteiger partial charge in [0.15, 0.2) is 5.75 Å². The van der Waals surface area contributed by atoms with Crippen LogP contribution in [-0.4, -0.2) is 18.2 Å². The Morgan fingerprint density at radius 1 is 0.950 bits per heavy atom. The lowest BCUT2D eigenvalue weighted by Crippen LogP contribution is -2.02. The highest BCUT2D eigenvalue weighted by molar-refractivity contribution is 5.65. The molecule has 0 fully saturated rings. The van der Waals surface area contributed by atoms with E-state index in [1.807, 2.05) is 30.3 Å². The molecule has 0 aliphatic heterocycles. The van der Waals surface area contributed by atoms with E-state index in [9.17, 15) is 4.79 Å². The summed E-state index contributed by atoms with van der Waals surface area (Å²) in [5, 5.41) is 5.75. The van der Waals surface area contributed by atoms with Gasteiger partial charge >= 0.3 is 5.97 Å². The number of carbonyl (C=O) groups excluding carboxylic acids is 1. The molecule has 0 heterocycles. The molecule has 0 aromatic heterocycles. The van der Waals surface area contributed by atoms with Crippen LogP contribution in [0.5, 0.6) is 5.75 Å². The maximum absolute atomic E-state index is 10.6. The fraction of sp³-hybridized carbons (Fsp3) is 0.188. The maximum atomic E-state index is 10.6. The molecular weight excluding hydrogens is 256 g/mol. The average Bonchev–Trinajstić information content (AvgIpc) is 2.50. The summed E-state index contributed by atoms with van der Waals surface area (Å²) in [4.78, 5) is 19.8. The highest BCUT2D eigenvalue weighted by Crippen LogP contribution is 2.15. The Kier molecular flexibility index (Phi) is 6.85. The van der Waals surface area contributed by atoms with E-state index in [0.717, 1.165) is 6.42 Å². The molecule has 0 aliphatic carbocycles. The molecule has 0 unspecified atom stereocenters. The van der Waals surface area contributed by atoms with E-state index >= 15 is 0 Å². The van der Waals surface area contributed by atoms with Crippen LogP contribution in [0.3, 0.4) is 0 Å². The van der Waals surface area contributed by atoms with Crippen molar-refractivity contribution in [3.05, 3.63) is 65.7 Å². The van der Waals surface area contributed by atoms with Crippen molar-refractivity contribution in [2.75, 3.05) is 7.11 Å². The van der Waals surface area contributed by atoms with Crippen molar-refractivity contribution in [1.29, 1.82) is 0 Å². The average molecular weight is 275 g/mol. The predicted molar refractivity (Wildman–Crippen MR) is 77.6 cm³/mol. The molecule has 0 aliphatic rings. The summed E-state index contributed by atoms with van der Waals surface area (Å²) in [6.45, 7) is 1.30. The molecule has 0 saturated heterocycles. The van der Waals surface area contributed by atoms with Crippen molar-refractivity contribution in [2.24, 2.45) is 0 Å². The van der Waals surface area contributed by atoms with Crippen LogP contribution in [0, 0.1) is 0 Å². The standard InChI is InChI=1S/C15H14O3.CH4O/c1-12(16)17-18-15-9-7-14(8-10-15)11-13-5-3-2-4-6-13;1-2/h2-10H,11H2,1H3;2H,1H3/p+1. The third-order valence-corrected chi connectivity index (χ3v) is 2.43. The second-order valence-electron chi connectivity index (χ2n) is 3.96. The van der Waals surface area contributed by atoms with Gasteiger partial charge in [-0.15, -0.1) is 0 Å². The van der Waals surface area contributed by atoms with Gasteiger partial charge in [0.05, 0.1) is 0 Å². The Hall–Kier alpha value is -2.33. The Morgan fingerprint density at radius 3 is 2.05 bits per heavy atom. The first-order chi connectivity index (χ1) is 9.74. The lowest BCUT2D eigenvalue weighted by molar-refractivity contribution is -0.210. The number of benzene rings is 2. The van der Waals surface area contributed by atoms with Crippen LogP contribution in [0.2, 0.25) is 0 Å². The fourth-order valence-electron chi connectivity index (χ4n) is 1.60. The molecule has 0 saturated carbocycles. The zero-order valence-corrected chi connectivity index (χ0v) is 11.6. The Bertz CT molecular complexity index is 506. The first-order valence-electron chi connectivity index (χ1n) is 6.22. The summed E-state index contributed by atoms with van der Waals surface area (Å²) in [7, 11) is 1.25. The molecule has 0 bridgehead atoms. The van der Waals surface area contributed by atoms with Crippen molar-refractivity contribution in [3.63, 3.8) is 0 Å². The van der Waals surface area contributed by atoms with Gasteiger partial charge in [-0.1, -0.05) is 42.5 Å². The maximum Gasteiger partial charge on any atom is 0.352 e. The van der Waals surface area contributed by atoms with Crippen LogP contribution in [0.15, 0.2) is 54.6 Å². The highest BCUT2D eigenvalue weighted by Gasteiger charge is 2.00. The topological polar surface area (TPSA) is 58.4 Å². The lowest BCUT2D eigenvalue weighted by atomic mass is 10.1. The summed E-state index contributed by atoms with van der Waals surface area (Å²) in [6.07, 6.45) is 0.870. The third kappa shape index (κ3) is 5.54. The number of hydrogen-bond donors (Lipinski definition) is 0. The van der Waals surface area contributed by atoms with Crippen LogP contribution in [0.4, 0.5) is 0 Å². The van der Waals surface area contributed by atoms with Crippen LogP contribution in [0.25, 0.3) is 0 Å². The predicted octanol–water partition coefficient (Wildman–Crippen LogP) is 2.48. The summed E-state index contributed by atoms with van der Waals surface area (Å²) in [5.74, 6) is 0.0466. The molecule has 4 nitrogen and oxygen atoms in total. The van der Waals surface area contributed by atoms with E-state index in [1.165, 1.54) is 25.2 Å². The van der Waals surface area contributed by atoms with Crippen LogP contribution < -0.4 is 4.89 Å². The summed E-state index contributed by atoms with van der Waals surface area (Å²) >= 11 is 0. The molecular formula is C16H19O4+. The van der Waals surface area contributed by atoms with Crippen LogP contribution >= 0.6 is 0 Å². The van der Waals surface area contributed by atoms with Crippen molar-refractivity contribution in [1.82, 2.24) is 0 Å². The Labute approximate surface area is 118 Å². The molecule has 2 N–H and O–H groups in total. The summed E-state index contributed by atoms with van der Waals surface area (Å²) in [6, 6.07) is 17.7. The zero-order valence-electron chi connectivity index (χ0n) is 11.6. The van der Waals surface area contributed by atoms with Gasteiger partial charge < -0.3 is 5.11 Å². The minimum Gasteiger partial charge on any atom is -0.448 e. The van der Waals surface area contributed by atoms with Gasteiger partial charge in [0.2, 0.25) is 0 Å². The minimum absolute atomic E-state index is 0.469. The van der Waals surface area contributed by atoms with Gasteiger partial charge in [-0.2, -0.15) is 0 Å². The SMILES string of the molecule is CC(=O)OOc1ccc(Cc2ccccc2)cc1.C[OH2+]. The highest BCUT2D eigenvalue weighted by atomic mass is 17.2. The molecule has 0 radical (unpaired) electrons. The molecule has 0 atom stereocenters. The first kappa shape index (κ1) is 15.7. The Morgan fingerprint density at radius 2 is 1.50 bits per heavy atom. The smallest absolute Gasteiger partial charge is 0.352 e. The van der Waals surface area contributed by atoms with Gasteiger partial charge in [0.1, 0.15) is 7.11 Å². The molecule has 0 spiro atoms. The van der Waals surface area contributed by atoms with Crippen LogP contribution in [-0.2, 0) is 16.1 Å². The van der Waals surface area contributed by atoms with Crippen molar-refractivity contribution in [2.45, 2.75) is 13.3 Å². The van der Waals surface area contributed by atoms with E-state index < -0.39 is 5.97 Å². The van der Waals surface area contributed by atoms with Gasteiger partial charge in [0.25, 0.3) is 0 Å². The molecule has 2 aromatic rings. The number of carbonyl (C=O) groups is 1. The van der Waals surface area contributed by atoms with Gasteiger partial charge in [-0.05, 0) is 29.7 Å². The van der Waals surface area contributed by atoms with Crippen molar-refractivity contribution >= 4 is 5.97 Å². The largest absolute Gasteiger partial charge is 0.448 e. The minimum atomic E-state index is -0.469. The van der Waals surface area contributed by atoms with Gasteiger partial charge in [0, 0.05) is 6.92 Å². The van der Waals surface area contributed by atoms with E-state index in [-0.39, 0.29) is 0 Å². The quantitative estimate of drug-likeness (QED) is 0.489. The molecule has 106 valence electrons. The Balaban J connectivity index is 0.000000956. The van der Waals surface area contributed by atoms with Crippen LogP contribution in [0.1, 0.15) is 18.1 Å². The van der Waals surface area contributed by atoms with E-state index in [2.05, 4.69) is 17.0 Å². The van der Waals surface area contributed by atoms with E-state index in [0.29, 0.717) is 5.75 Å². The summed E-state index contributed by atoms with van der Waals surface area (Å²) in [5.41, 5.74) is 2.43.